The summed E-state index contributed by atoms with van der Waals surface area (Å²) in [5.74, 6) is -0.730. The van der Waals surface area contributed by atoms with Crippen LogP contribution < -0.4 is 5.32 Å². The Morgan fingerprint density at radius 2 is 2.00 bits per heavy atom. The Morgan fingerprint density at radius 3 is 2.65 bits per heavy atom. The van der Waals surface area contributed by atoms with Gasteiger partial charge in [-0.3, -0.25) is 14.6 Å². The number of amides is 2. The zero-order chi connectivity index (χ0) is 18.7. The summed E-state index contributed by atoms with van der Waals surface area (Å²) in [4.78, 5) is 34.7. The van der Waals surface area contributed by atoms with Gasteiger partial charge in [-0.05, 0) is 25.5 Å². The molecule has 1 aromatic heterocycles. The maximum atomic E-state index is 12.6. The highest BCUT2D eigenvalue weighted by atomic mass is 32.2. The molecule has 2 aromatic rings. The minimum atomic E-state index is -3.07. The normalized spacial score (nSPS) is 18.6. The van der Waals surface area contributed by atoms with Gasteiger partial charge in [0.05, 0.1) is 35.3 Å². The summed E-state index contributed by atoms with van der Waals surface area (Å²) < 4.78 is 22.9. The minimum absolute atomic E-state index is 0.0467. The smallest absolute Gasteiger partial charge is 0.274 e. The van der Waals surface area contributed by atoms with Gasteiger partial charge in [0.1, 0.15) is 5.69 Å². The molecule has 1 aliphatic heterocycles. The van der Waals surface area contributed by atoms with Crippen LogP contribution in [0.15, 0.2) is 30.5 Å². The molecule has 2 heterocycles. The maximum absolute atomic E-state index is 12.6. The second kappa shape index (κ2) is 7.36. The molecule has 3 rings (SSSR count). The molecule has 138 valence electrons. The van der Waals surface area contributed by atoms with Crippen molar-refractivity contribution in [2.24, 2.45) is 0 Å². The van der Waals surface area contributed by atoms with Crippen LogP contribution in [0.3, 0.4) is 0 Å². The first-order valence-corrected chi connectivity index (χ1v) is 10.2. The number of likely N-dealkylation sites (N-methyl/N-ethyl adjacent to an activating group) is 1. The second-order valence-corrected chi connectivity index (χ2v) is 8.46. The van der Waals surface area contributed by atoms with Gasteiger partial charge in [-0.25, -0.2) is 13.4 Å². The van der Waals surface area contributed by atoms with Crippen molar-refractivity contribution in [3.8, 4) is 0 Å². The molecule has 0 aliphatic carbocycles. The Balaban J connectivity index is 1.67. The van der Waals surface area contributed by atoms with Gasteiger partial charge in [0.2, 0.25) is 5.91 Å². The molecule has 1 aliphatic rings. The molecular formula is C17H20N4O4S. The Hall–Kier alpha value is -2.55. The van der Waals surface area contributed by atoms with Crippen LogP contribution in [0.1, 0.15) is 23.8 Å². The van der Waals surface area contributed by atoms with E-state index in [4.69, 9.17) is 0 Å². The van der Waals surface area contributed by atoms with E-state index in [1.54, 1.807) is 19.1 Å². The van der Waals surface area contributed by atoms with Crippen molar-refractivity contribution < 1.29 is 18.0 Å². The zero-order valence-corrected chi connectivity index (χ0v) is 15.2. The zero-order valence-electron chi connectivity index (χ0n) is 14.4. The molecule has 8 nitrogen and oxygen atoms in total. The van der Waals surface area contributed by atoms with E-state index in [0.717, 1.165) is 0 Å². The Labute approximate surface area is 151 Å². The van der Waals surface area contributed by atoms with E-state index in [1.807, 2.05) is 12.1 Å². The Bertz CT molecular complexity index is 945. The molecule has 1 atom stereocenters. The van der Waals surface area contributed by atoms with Crippen molar-refractivity contribution in [2.75, 3.05) is 24.6 Å². The fourth-order valence-electron chi connectivity index (χ4n) is 2.90. The Kier molecular flexibility index (Phi) is 5.17. The molecular weight excluding hydrogens is 356 g/mol. The molecule has 2 amide bonds. The number of nitrogens with zero attached hydrogens (tertiary/aromatic N) is 3. The number of carbonyl (C=O) groups excluding carboxylic acids is 2. The molecule has 26 heavy (non-hydrogen) atoms. The van der Waals surface area contributed by atoms with E-state index in [9.17, 15) is 18.0 Å². The van der Waals surface area contributed by atoms with Gasteiger partial charge in [0, 0.05) is 12.6 Å². The number of hydrogen-bond acceptors (Lipinski definition) is 6. The van der Waals surface area contributed by atoms with Crippen molar-refractivity contribution in [3.05, 3.63) is 36.2 Å². The van der Waals surface area contributed by atoms with Crippen LogP contribution in [-0.4, -0.2) is 65.7 Å². The van der Waals surface area contributed by atoms with Crippen LogP contribution in [0.4, 0.5) is 0 Å². The number of hydrogen-bond donors (Lipinski definition) is 1. The lowest BCUT2D eigenvalue weighted by molar-refractivity contribution is -0.122. The lowest BCUT2D eigenvalue weighted by Crippen LogP contribution is -2.44. The monoisotopic (exact) mass is 376 g/mol. The number of nitrogens with one attached hydrogen (secondary N) is 1. The molecule has 9 heteroatoms. The minimum Gasteiger partial charge on any atom is -0.351 e. The van der Waals surface area contributed by atoms with Gasteiger partial charge >= 0.3 is 0 Å². The quantitative estimate of drug-likeness (QED) is 0.809. The van der Waals surface area contributed by atoms with Gasteiger partial charge in [-0.1, -0.05) is 12.1 Å². The number of rotatable bonds is 5. The topological polar surface area (TPSA) is 109 Å². The van der Waals surface area contributed by atoms with Crippen LogP contribution in [0.25, 0.3) is 11.0 Å². The summed E-state index contributed by atoms with van der Waals surface area (Å²) in [5, 5.41) is 2.69. The molecule has 0 radical (unpaired) electrons. The van der Waals surface area contributed by atoms with Crippen molar-refractivity contribution in [1.82, 2.24) is 20.2 Å². The molecule has 0 spiro atoms. The second-order valence-electron chi connectivity index (χ2n) is 6.23. The standard InChI is InChI=1S/C17H20N4O4S/c1-2-21(10-16(22)19-12-7-8-26(24,25)11-12)17(23)15-9-18-13-5-3-4-6-14(13)20-15/h3-6,9,12H,2,7-8,10-11H2,1H3,(H,19,22)/t12-/m0/s1. The highest BCUT2D eigenvalue weighted by molar-refractivity contribution is 7.91. The van der Waals surface area contributed by atoms with E-state index in [0.29, 0.717) is 24.0 Å². The van der Waals surface area contributed by atoms with Gasteiger partial charge in [0.15, 0.2) is 9.84 Å². The average molecular weight is 376 g/mol. The predicted octanol–water partition coefficient (Wildman–Crippen LogP) is 0.395. The van der Waals surface area contributed by atoms with Crippen molar-refractivity contribution >= 4 is 32.7 Å². The largest absolute Gasteiger partial charge is 0.351 e. The predicted molar refractivity (Wildman–Crippen MR) is 96.3 cm³/mol. The summed E-state index contributed by atoms with van der Waals surface area (Å²) in [7, 11) is -3.07. The number of sulfone groups is 1. The molecule has 1 aromatic carbocycles. The number of aromatic nitrogens is 2. The van der Waals surface area contributed by atoms with E-state index in [2.05, 4.69) is 15.3 Å². The van der Waals surface area contributed by atoms with Crippen molar-refractivity contribution in [3.63, 3.8) is 0 Å². The lowest BCUT2D eigenvalue weighted by atomic mass is 10.2. The number of benzene rings is 1. The molecule has 1 fully saturated rings. The highest BCUT2D eigenvalue weighted by Crippen LogP contribution is 2.12. The third-order valence-electron chi connectivity index (χ3n) is 4.27. The average Bonchev–Trinajstić information content (AvgIpc) is 2.97. The Morgan fingerprint density at radius 1 is 1.27 bits per heavy atom. The summed E-state index contributed by atoms with van der Waals surface area (Å²) in [6, 6.07) is 6.83. The van der Waals surface area contributed by atoms with Crippen LogP contribution in [0.5, 0.6) is 0 Å². The van der Waals surface area contributed by atoms with Gasteiger partial charge in [-0.2, -0.15) is 0 Å². The van der Waals surface area contributed by atoms with E-state index in [-0.39, 0.29) is 41.6 Å². The van der Waals surface area contributed by atoms with Crippen LogP contribution in [0, 0.1) is 0 Å². The first kappa shape index (κ1) is 18.2. The van der Waals surface area contributed by atoms with Gasteiger partial charge < -0.3 is 10.2 Å². The summed E-state index contributed by atoms with van der Waals surface area (Å²) >= 11 is 0. The van der Waals surface area contributed by atoms with Crippen LogP contribution in [0.2, 0.25) is 0 Å². The maximum Gasteiger partial charge on any atom is 0.274 e. The SMILES string of the molecule is CCN(CC(=O)N[C@H]1CCS(=O)(=O)C1)C(=O)c1cnc2ccccc2n1. The summed E-state index contributed by atoms with van der Waals surface area (Å²) in [5.41, 5.74) is 1.46. The van der Waals surface area contributed by atoms with Crippen LogP contribution in [-0.2, 0) is 14.6 Å². The fourth-order valence-corrected chi connectivity index (χ4v) is 4.58. The number of carbonyl (C=O) groups is 2. The molecule has 0 unspecified atom stereocenters. The van der Waals surface area contributed by atoms with E-state index >= 15 is 0 Å². The molecule has 1 N–H and O–H groups in total. The number of para-hydroxylation sites is 2. The van der Waals surface area contributed by atoms with E-state index in [1.165, 1.54) is 11.1 Å². The summed E-state index contributed by atoms with van der Waals surface area (Å²) in [6.45, 7) is 1.93. The molecule has 1 saturated heterocycles. The van der Waals surface area contributed by atoms with Crippen molar-refractivity contribution in [1.29, 1.82) is 0 Å². The van der Waals surface area contributed by atoms with Crippen LogP contribution >= 0.6 is 0 Å². The van der Waals surface area contributed by atoms with E-state index < -0.39 is 9.84 Å². The third kappa shape index (κ3) is 4.16. The first-order valence-electron chi connectivity index (χ1n) is 8.39. The lowest BCUT2D eigenvalue weighted by Gasteiger charge is -2.21. The van der Waals surface area contributed by atoms with Gasteiger partial charge in [0.25, 0.3) is 5.91 Å². The molecule has 0 saturated carbocycles. The van der Waals surface area contributed by atoms with Crippen molar-refractivity contribution in [2.45, 2.75) is 19.4 Å². The van der Waals surface area contributed by atoms with Gasteiger partial charge in [-0.15, -0.1) is 0 Å². The fraction of sp³-hybridized carbons (Fsp3) is 0.412. The number of fused-ring (bicyclic) bond motifs is 1. The highest BCUT2D eigenvalue weighted by Gasteiger charge is 2.29. The molecule has 0 bridgehead atoms. The summed E-state index contributed by atoms with van der Waals surface area (Å²) in [6.07, 6.45) is 1.80. The third-order valence-corrected chi connectivity index (χ3v) is 6.04. The first-order chi connectivity index (χ1) is 12.4.